The molecule has 0 aliphatic heterocycles. The van der Waals surface area contributed by atoms with Crippen LogP contribution < -0.4 is 10.6 Å². The molecule has 1 aromatic carbocycles. The molecule has 9 heteroatoms. The summed E-state index contributed by atoms with van der Waals surface area (Å²) in [6.45, 7) is 0.241. The largest absolute Gasteiger partial charge is 0.370 e. The van der Waals surface area contributed by atoms with Gasteiger partial charge in [0.15, 0.2) is 5.65 Å². The van der Waals surface area contributed by atoms with Crippen molar-refractivity contribution in [1.29, 1.82) is 0 Å². The minimum Gasteiger partial charge on any atom is -0.370 e. The highest BCUT2D eigenvalue weighted by Gasteiger charge is 2.18. The van der Waals surface area contributed by atoms with Gasteiger partial charge in [0.25, 0.3) is 0 Å². The number of rotatable bonds is 7. The molecule has 2 amide bonds. The smallest absolute Gasteiger partial charge is 0.237 e. The first kappa shape index (κ1) is 17.9. The Hall–Kier alpha value is -2.94. The molecular weight excluding hydrogens is 352 g/mol. The number of anilines is 1. The standard InChI is InChI=1S/C17H18N6O2S/c1-22-16-13(9-21-22)17(20-11-19-16)26-10-15(25)23(8-7-14(18)24)12-5-3-2-4-6-12/h2-6,9,11H,7-8,10H2,1H3,(H2,18,24). The molecular formula is C17H18N6O2S. The van der Waals surface area contributed by atoms with Crippen LogP contribution in [0.1, 0.15) is 6.42 Å². The van der Waals surface area contributed by atoms with E-state index in [2.05, 4.69) is 15.1 Å². The second-order valence-corrected chi connectivity index (χ2v) is 6.53. The third kappa shape index (κ3) is 3.99. The average molecular weight is 370 g/mol. The van der Waals surface area contributed by atoms with Gasteiger partial charge >= 0.3 is 0 Å². The molecule has 0 fully saturated rings. The molecule has 26 heavy (non-hydrogen) atoms. The van der Waals surface area contributed by atoms with E-state index in [1.165, 1.54) is 18.1 Å². The number of para-hydroxylation sites is 1. The van der Waals surface area contributed by atoms with Crippen molar-refractivity contribution < 1.29 is 9.59 Å². The van der Waals surface area contributed by atoms with Crippen LogP contribution in [-0.2, 0) is 16.6 Å². The van der Waals surface area contributed by atoms with Crippen LogP contribution in [0.5, 0.6) is 0 Å². The number of amides is 2. The normalized spacial score (nSPS) is 10.8. The number of primary amides is 1. The lowest BCUT2D eigenvalue weighted by Crippen LogP contribution is -2.35. The summed E-state index contributed by atoms with van der Waals surface area (Å²) < 4.78 is 1.66. The van der Waals surface area contributed by atoms with Crippen molar-refractivity contribution in [2.24, 2.45) is 12.8 Å². The topological polar surface area (TPSA) is 107 Å². The highest BCUT2D eigenvalue weighted by molar-refractivity contribution is 8.00. The van der Waals surface area contributed by atoms with Gasteiger partial charge in [0, 0.05) is 25.7 Å². The number of carbonyl (C=O) groups is 2. The number of aryl methyl sites for hydroxylation is 1. The van der Waals surface area contributed by atoms with Crippen molar-refractivity contribution >= 4 is 40.3 Å². The molecule has 0 saturated carbocycles. The molecule has 2 N–H and O–H groups in total. The maximum Gasteiger partial charge on any atom is 0.237 e. The Labute approximate surface area is 154 Å². The SMILES string of the molecule is Cn1ncc2c(SCC(=O)N(CCC(N)=O)c3ccccc3)ncnc21. The van der Waals surface area contributed by atoms with Crippen molar-refractivity contribution in [1.82, 2.24) is 19.7 Å². The molecule has 0 saturated heterocycles. The fourth-order valence-corrected chi connectivity index (χ4v) is 3.33. The zero-order chi connectivity index (χ0) is 18.5. The van der Waals surface area contributed by atoms with Gasteiger partial charge in [-0.2, -0.15) is 5.10 Å². The first-order chi connectivity index (χ1) is 12.6. The van der Waals surface area contributed by atoms with Gasteiger partial charge in [0.05, 0.1) is 17.3 Å². The number of nitrogens with zero attached hydrogens (tertiary/aromatic N) is 5. The van der Waals surface area contributed by atoms with Gasteiger partial charge in [0.2, 0.25) is 11.8 Å². The summed E-state index contributed by atoms with van der Waals surface area (Å²) in [5.41, 5.74) is 6.68. The maximum absolute atomic E-state index is 12.8. The highest BCUT2D eigenvalue weighted by Crippen LogP contribution is 2.25. The van der Waals surface area contributed by atoms with Gasteiger partial charge in [-0.3, -0.25) is 14.3 Å². The Morgan fingerprint density at radius 1 is 1.23 bits per heavy atom. The van der Waals surface area contributed by atoms with Crippen LogP contribution in [0.2, 0.25) is 0 Å². The molecule has 0 spiro atoms. The number of benzene rings is 1. The van der Waals surface area contributed by atoms with E-state index in [0.29, 0.717) is 10.7 Å². The zero-order valence-corrected chi connectivity index (χ0v) is 15.0. The number of fused-ring (bicyclic) bond motifs is 1. The van der Waals surface area contributed by atoms with E-state index in [1.54, 1.807) is 22.8 Å². The van der Waals surface area contributed by atoms with Crippen LogP contribution in [0, 0.1) is 0 Å². The third-order valence-electron chi connectivity index (χ3n) is 3.78. The summed E-state index contributed by atoms with van der Waals surface area (Å²) in [7, 11) is 1.80. The number of thioether (sulfide) groups is 1. The molecule has 0 atom stereocenters. The van der Waals surface area contributed by atoms with Crippen molar-refractivity contribution in [2.45, 2.75) is 11.4 Å². The maximum atomic E-state index is 12.8. The summed E-state index contributed by atoms with van der Waals surface area (Å²) in [6, 6.07) is 9.21. The van der Waals surface area contributed by atoms with E-state index < -0.39 is 5.91 Å². The Morgan fingerprint density at radius 2 is 2.00 bits per heavy atom. The highest BCUT2D eigenvalue weighted by atomic mass is 32.2. The summed E-state index contributed by atoms with van der Waals surface area (Å²) in [6.07, 6.45) is 3.24. The van der Waals surface area contributed by atoms with Gasteiger partial charge in [-0.1, -0.05) is 30.0 Å². The number of nitrogens with two attached hydrogens (primary N) is 1. The Bertz CT molecular complexity index is 927. The monoisotopic (exact) mass is 370 g/mol. The van der Waals surface area contributed by atoms with E-state index in [9.17, 15) is 9.59 Å². The second kappa shape index (κ2) is 7.96. The molecule has 2 aromatic heterocycles. The van der Waals surface area contributed by atoms with E-state index in [1.807, 2.05) is 30.3 Å². The van der Waals surface area contributed by atoms with Crippen LogP contribution in [0.15, 0.2) is 47.9 Å². The van der Waals surface area contributed by atoms with Gasteiger partial charge in [-0.25, -0.2) is 9.97 Å². The van der Waals surface area contributed by atoms with E-state index in [4.69, 9.17) is 5.73 Å². The molecule has 0 bridgehead atoms. The quantitative estimate of drug-likeness (QED) is 0.497. The molecule has 0 unspecified atom stereocenters. The van der Waals surface area contributed by atoms with Crippen molar-refractivity contribution in [3.8, 4) is 0 Å². The van der Waals surface area contributed by atoms with Gasteiger partial charge in [0.1, 0.15) is 11.4 Å². The lowest BCUT2D eigenvalue weighted by molar-refractivity contribution is -0.118. The first-order valence-electron chi connectivity index (χ1n) is 7.95. The summed E-state index contributed by atoms with van der Waals surface area (Å²) >= 11 is 1.32. The van der Waals surface area contributed by atoms with Crippen LogP contribution >= 0.6 is 11.8 Å². The molecule has 0 radical (unpaired) electrons. The number of hydrogen-bond donors (Lipinski definition) is 1. The van der Waals surface area contributed by atoms with Crippen LogP contribution in [0.25, 0.3) is 11.0 Å². The average Bonchev–Trinajstić information content (AvgIpc) is 3.02. The molecule has 134 valence electrons. The van der Waals surface area contributed by atoms with E-state index >= 15 is 0 Å². The van der Waals surface area contributed by atoms with E-state index in [0.717, 1.165) is 11.1 Å². The molecule has 0 aliphatic carbocycles. The third-order valence-corrected chi connectivity index (χ3v) is 4.77. The van der Waals surface area contributed by atoms with Gasteiger partial charge in [-0.05, 0) is 12.1 Å². The van der Waals surface area contributed by atoms with E-state index in [-0.39, 0.29) is 24.6 Å². The number of hydrogen-bond acceptors (Lipinski definition) is 6. The zero-order valence-electron chi connectivity index (χ0n) is 14.2. The predicted molar refractivity (Wildman–Crippen MR) is 99.6 cm³/mol. The second-order valence-electron chi connectivity index (χ2n) is 5.57. The summed E-state index contributed by atoms with van der Waals surface area (Å²) in [4.78, 5) is 33.9. The first-order valence-corrected chi connectivity index (χ1v) is 8.94. The summed E-state index contributed by atoms with van der Waals surface area (Å²) in [5, 5.41) is 5.67. The Kier molecular flexibility index (Phi) is 5.47. The molecule has 0 aliphatic rings. The lowest BCUT2D eigenvalue weighted by Gasteiger charge is -2.22. The fraction of sp³-hybridized carbons (Fsp3) is 0.235. The van der Waals surface area contributed by atoms with Crippen molar-refractivity contribution in [3.63, 3.8) is 0 Å². The molecule has 8 nitrogen and oxygen atoms in total. The summed E-state index contributed by atoms with van der Waals surface area (Å²) in [5.74, 6) is -0.397. The Balaban J connectivity index is 1.75. The van der Waals surface area contributed by atoms with Crippen LogP contribution in [0.4, 0.5) is 5.69 Å². The lowest BCUT2D eigenvalue weighted by atomic mass is 10.2. The molecule has 3 aromatic rings. The molecule has 2 heterocycles. The van der Waals surface area contributed by atoms with Crippen molar-refractivity contribution in [2.75, 3.05) is 17.2 Å². The Morgan fingerprint density at radius 3 is 2.73 bits per heavy atom. The minimum atomic E-state index is -0.445. The fourth-order valence-electron chi connectivity index (χ4n) is 2.49. The number of carbonyl (C=O) groups excluding carboxylic acids is 2. The van der Waals surface area contributed by atoms with Crippen molar-refractivity contribution in [3.05, 3.63) is 42.9 Å². The van der Waals surface area contributed by atoms with Crippen LogP contribution in [-0.4, -0.2) is 43.9 Å². The molecule has 3 rings (SSSR count). The predicted octanol–water partition coefficient (Wildman–Crippen LogP) is 1.36. The minimum absolute atomic E-state index is 0.103. The van der Waals surface area contributed by atoms with Crippen LogP contribution in [0.3, 0.4) is 0 Å². The van der Waals surface area contributed by atoms with Gasteiger partial charge < -0.3 is 10.6 Å². The number of aromatic nitrogens is 4. The van der Waals surface area contributed by atoms with Gasteiger partial charge in [-0.15, -0.1) is 0 Å².